The van der Waals surface area contributed by atoms with Crippen molar-refractivity contribution in [2.75, 3.05) is 6.54 Å². The molecule has 1 aliphatic heterocycles. The molecular formula is C18H21ClN4O. The number of aryl methyl sites for hydroxylation is 1. The number of fused-ring (bicyclic) bond motifs is 1. The van der Waals surface area contributed by atoms with Crippen molar-refractivity contribution in [3.63, 3.8) is 0 Å². The first-order chi connectivity index (χ1) is 11.6. The van der Waals surface area contributed by atoms with Crippen LogP contribution in [0.15, 0.2) is 30.6 Å². The van der Waals surface area contributed by atoms with E-state index in [-0.39, 0.29) is 18.1 Å². The normalized spacial score (nSPS) is 22.7. The Morgan fingerprint density at radius 1 is 1.38 bits per heavy atom. The molecule has 1 fully saturated rings. The summed E-state index contributed by atoms with van der Waals surface area (Å²) in [7, 11) is 1.90. The van der Waals surface area contributed by atoms with Crippen LogP contribution in [0.1, 0.15) is 48.0 Å². The summed E-state index contributed by atoms with van der Waals surface area (Å²) >= 11 is 6.27. The monoisotopic (exact) mass is 344 g/mol. The molecular weight excluding hydrogens is 324 g/mol. The van der Waals surface area contributed by atoms with E-state index in [1.807, 2.05) is 36.5 Å². The molecule has 1 aromatic heterocycles. The molecule has 24 heavy (non-hydrogen) atoms. The van der Waals surface area contributed by atoms with Gasteiger partial charge in [-0.25, -0.2) is 4.79 Å². The Morgan fingerprint density at radius 3 is 3.04 bits per heavy atom. The van der Waals surface area contributed by atoms with E-state index in [9.17, 15) is 4.79 Å². The summed E-state index contributed by atoms with van der Waals surface area (Å²) in [5, 5.41) is 8.26. The van der Waals surface area contributed by atoms with Crippen LogP contribution < -0.4 is 5.32 Å². The van der Waals surface area contributed by atoms with E-state index in [4.69, 9.17) is 11.6 Å². The van der Waals surface area contributed by atoms with Crippen LogP contribution in [-0.2, 0) is 13.5 Å². The first-order valence-corrected chi connectivity index (χ1v) is 8.84. The van der Waals surface area contributed by atoms with Crippen molar-refractivity contribution in [3.8, 4) is 0 Å². The molecule has 5 nitrogen and oxygen atoms in total. The average Bonchev–Trinajstić information content (AvgIpc) is 3.27. The average molecular weight is 345 g/mol. The van der Waals surface area contributed by atoms with E-state index < -0.39 is 0 Å². The second-order valence-corrected chi connectivity index (χ2v) is 7.05. The smallest absolute Gasteiger partial charge is 0.318 e. The Hall–Kier alpha value is -2.01. The third-order valence-corrected chi connectivity index (χ3v) is 5.49. The molecule has 2 aliphatic rings. The zero-order valence-corrected chi connectivity index (χ0v) is 14.5. The van der Waals surface area contributed by atoms with Gasteiger partial charge in [-0.05, 0) is 42.9 Å². The van der Waals surface area contributed by atoms with Gasteiger partial charge in [-0.1, -0.05) is 23.7 Å². The fourth-order valence-electron chi connectivity index (χ4n) is 3.96. The van der Waals surface area contributed by atoms with Crippen LogP contribution in [0, 0.1) is 0 Å². The van der Waals surface area contributed by atoms with Gasteiger partial charge >= 0.3 is 6.03 Å². The number of carbonyl (C=O) groups excluding carboxylic acids is 1. The van der Waals surface area contributed by atoms with E-state index in [1.54, 1.807) is 4.68 Å². The molecule has 1 N–H and O–H groups in total. The van der Waals surface area contributed by atoms with Gasteiger partial charge in [0.05, 0.1) is 18.3 Å². The second kappa shape index (κ2) is 6.13. The minimum Gasteiger partial charge on any atom is -0.331 e. The van der Waals surface area contributed by atoms with Crippen LogP contribution in [0.3, 0.4) is 0 Å². The molecule has 0 saturated carbocycles. The summed E-state index contributed by atoms with van der Waals surface area (Å²) in [6.07, 6.45) is 7.72. The van der Waals surface area contributed by atoms with E-state index in [2.05, 4.69) is 16.5 Å². The maximum absolute atomic E-state index is 12.8. The molecule has 2 heterocycles. The fraction of sp³-hybridized carbons (Fsp3) is 0.444. The van der Waals surface area contributed by atoms with Crippen molar-refractivity contribution in [1.82, 2.24) is 20.0 Å². The van der Waals surface area contributed by atoms with Crippen molar-refractivity contribution in [2.45, 2.75) is 37.8 Å². The van der Waals surface area contributed by atoms with Gasteiger partial charge in [-0.15, -0.1) is 0 Å². The Labute approximate surface area is 146 Å². The van der Waals surface area contributed by atoms with Gasteiger partial charge in [-0.3, -0.25) is 4.68 Å². The zero-order chi connectivity index (χ0) is 16.7. The lowest BCUT2D eigenvalue weighted by Gasteiger charge is -2.26. The van der Waals surface area contributed by atoms with E-state index in [0.29, 0.717) is 0 Å². The molecule has 1 aliphatic carbocycles. The lowest BCUT2D eigenvalue weighted by Crippen LogP contribution is -2.40. The van der Waals surface area contributed by atoms with Crippen LogP contribution in [0.25, 0.3) is 0 Å². The molecule has 2 amide bonds. The highest BCUT2D eigenvalue weighted by atomic mass is 35.5. The highest BCUT2D eigenvalue weighted by Crippen LogP contribution is 2.37. The number of hydrogen-bond acceptors (Lipinski definition) is 2. The predicted octanol–water partition coefficient (Wildman–Crippen LogP) is 3.61. The fourth-order valence-corrected chi connectivity index (χ4v) is 4.24. The van der Waals surface area contributed by atoms with Crippen LogP contribution in [0.2, 0.25) is 5.02 Å². The lowest BCUT2D eigenvalue weighted by molar-refractivity contribution is 0.189. The highest BCUT2D eigenvalue weighted by Gasteiger charge is 2.33. The number of benzene rings is 1. The zero-order valence-electron chi connectivity index (χ0n) is 13.7. The Kier molecular flexibility index (Phi) is 3.96. The number of aromatic nitrogens is 2. The molecule has 0 bridgehead atoms. The SMILES string of the molecule is Cn1cc([C@H]2CCCN2C(=O)N[C@@H]2CCc3c(Cl)cccc32)cn1. The maximum Gasteiger partial charge on any atom is 0.318 e. The van der Waals surface area contributed by atoms with E-state index >= 15 is 0 Å². The second-order valence-electron chi connectivity index (χ2n) is 6.65. The van der Waals surface area contributed by atoms with E-state index in [1.165, 1.54) is 5.56 Å². The molecule has 0 spiro atoms. The minimum atomic E-state index is 0.0131. The number of urea groups is 1. The van der Waals surface area contributed by atoms with Crippen molar-refractivity contribution >= 4 is 17.6 Å². The summed E-state index contributed by atoms with van der Waals surface area (Å²) < 4.78 is 1.79. The van der Waals surface area contributed by atoms with Crippen molar-refractivity contribution in [1.29, 1.82) is 0 Å². The lowest BCUT2D eigenvalue weighted by atomic mass is 10.1. The van der Waals surface area contributed by atoms with Crippen LogP contribution in [-0.4, -0.2) is 27.3 Å². The molecule has 2 aromatic rings. The molecule has 4 rings (SSSR count). The number of nitrogens with one attached hydrogen (secondary N) is 1. The summed E-state index contributed by atoms with van der Waals surface area (Å²) in [4.78, 5) is 14.8. The van der Waals surface area contributed by atoms with Gasteiger partial charge in [-0.2, -0.15) is 5.10 Å². The third kappa shape index (κ3) is 2.67. The number of rotatable bonds is 2. The number of hydrogen-bond donors (Lipinski definition) is 1. The Balaban J connectivity index is 1.50. The van der Waals surface area contributed by atoms with Gasteiger partial charge in [0.1, 0.15) is 0 Å². The number of likely N-dealkylation sites (tertiary alicyclic amines) is 1. The highest BCUT2D eigenvalue weighted by molar-refractivity contribution is 6.31. The maximum atomic E-state index is 12.8. The van der Waals surface area contributed by atoms with Gasteiger partial charge in [0.25, 0.3) is 0 Å². The Morgan fingerprint density at radius 2 is 2.25 bits per heavy atom. The third-order valence-electron chi connectivity index (χ3n) is 5.13. The van der Waals surface area contributed by atoms with Crippen LogP contribution in [0.4, 0.5) is 4.79 Å². The van der Waals surface area contributed by atoms with Gasteiger partial charge in [0.15, 0.2) is 0 Å². The first-order valence-electron chi connectivity index (χ1n) is 8.46. The largest absolute Gasteiger partial charge is 0.331 e. The Bertz CT molecular complexity index is 772. The van der Waals surface area contributed by atoms with Crippen molar-refractivity contribution in [3.05, 3.63) is 52.3 Å². The number of amides is 2. The molecule has 0 unspecified atom stereocenters. The topological polar surface area (TPSA) is 50.2 Å². The summed E-state index contributed by atoms with van der Waals surface area (Å²) in [6, 6.07) is 6.14. The molecule has 1 saturated heterocycles. The summed E-state index contributed by atoms with van der Waals surface area (Å²) in [5.41, 5.74) is 3.45. The van der Waals surface area contributed by atoms with Crippen molar-refractivity contribution < 1.29 is 4.79 Å². The van der Waals surface area contributed by atoms with Gasteiger partial charge in [0.2, 0.25) is 0 Å². The molecule has 126 valence electrons. The molecule has 6 heteroatoms. The number of halogens is 1. The number of nitrogens with zero attached hydrogens (tertiary/aromatic N) is 3. The van der Waals surface area contributed by atoms with Gasteiger partial charge in [0, 0.05) is 30.4 Å². The van der Waals surface area contributed by atoms with E-state index in [0.717, 1.165) is 48.4 Å². The summed E-state index contributed by atoms with van der Waals surface area (Å²) in [6.45, 7) is 0.792. The quantitative estimate of drug-likeness (QED) is 0.904. The van der Waals surface area contributed by atoms with Crippen LogP contribution >= 0.6 is 11.6 Å². The minimum absolute atomic E-state index is 0.0131. The molecule has 0 radical (unpaired) electrons. The van der Waals surface area contributed by atoms with Gasteiger partial charge < -0.3 is 10.2 Å². The predicted molar refractivity (Wildman–Crippen MR) is 92.9 cm³/mol. The number of carbonyl (C=O) groups is 1. The first kappa shape index (κ1) is 15.5. The molecule has 1 aromatic carbocycles. The van der Waals surface area contributed by atoms with Crippen molar-refractivity contribution in [2.24, 2.45) is 7.05 Å². The molecule has 2 atom stereocenters. The van der Waals surface area contributed by atoms with Crippen LogP contribution in [0.5, 0.6) is 0 Å². The standard InChI is InChI=1S/C18H21ClN4O/c1-22-11-12(10-20-22)17-6-3-9-23(17)18(24)21-16-8-7-13-14(16)4-2-5-15(13)19/h2,4-5,10-11,16-17H,3,6-9H2,1H3,(H,21,24)/t16-,17-/m1/s1. The summed E-state index contributed by atoms with van der Waals surface area (Å²) in [5.74, 6) is 0.